The SMILES string of the molecule is CCc1c(C)nc(N2CCCC2)nc1OCC(=O)O. The molecule has 1 fully saturated rings. The smallest absolute Gasteiger partial charge is 0.341 e. The van der Waals surface area contributed by atoms with Gasteiger partial charge in [0.25, 0.3) is 0 Å². The van der Waals surface area contributed by atoms with Gasteiger partial charge in [-0.15, -0.1) is 0 Å². The number of ether oxygens (including phenoxy) is 1. The highest BCUT2D eigenvalue weighted by molar-refractivity contribution is 5.68. The fourth-order valence-corrected chi connectivity index (χ4v) is 2.27. The molecule has 0 unspecified atom stereocenters. The number of hydrogen-bond donors (Lipinski definition) is 1. The molecule has 1 saturated heterocycles. The molecule has 1 aliphatic heterocycles. The first-order valence-electron chi connectivity index (χ1n) is 6.59. The average molecular weight is 265 g/mol. The molecule has 104 valence electrons. The number of nitrogens with zero attached hydrogens (tertiary/aromatic N) is 3. The Balaban J connectivity index is 2.28. The van der Waals surface area contributed by atoms with Crippen molar-refractivity contribution in [3.8, 4) is 5.88 Å². The second-order valence-corrected chi connectivity index (χ2v) is 4.62. The molecule has 2 rings (SSSR count). The minimum absolute atomic E-state index is 0.372. The van der Waals surface area contributed by atoms with Crippen molar-refractivity contribution < 1.29 is 14.6 Å². The van der Waals surface area contributed by atoms with Gasteiger partial charge in [-0.25, -0.2) is 9.78 Å². The van der Waals surface area contributed by atoms with Crippen molar-refractivity contribution in [2.45, 2.75) is 33.1 Å². The van der Waals surface area contributed by atoms with Crippen LogP contribution in [0.15, 0.2) is 0 Å². The van der Waals surface area contributed by atoms with Gasteiger partial charge in [0.05, 0.1) is 0 Å². The van der Waals surface area contributed by atoms with E-state index >= 15 is 0 Å². The topological polar surface area (TPSA) is 75.5 Å². The molecule has 6 nitrogen and oxygen atoms in total. The molecule has 1 aromatic rings. The maximum absolute atomic E-state index is 10.6. The molecule has 0 saturated carbocycles. The number of aliphatic carboxylic acids is 1. The monoisotopic (exact) mass is 265 g/mol. The third-order valence-corrected chi connectivity index (χ3v) is 3.24. The van der Waals surface area contributed by atoms with Crippen LogP contribution in [0.3, 0.4) is 0 Å². The van der Waals surface area contributed by atoms with Gasteiger partial charge >= 0.3 is 5.97 Å². The minimum atomic E-state index is -0.999. The average Bonchev–Trinajstić information content (AvgIpc) is 2.89. The normalized spacial score (nSPS) is 14.7. The molecule has 1 N–H and O–H groups in total. The van der Waals surface area contributed by atoms with E-state index in [1.807, 2.05) is 13.8 Å². The van der Waals surface area contributed by atoms with Crippen LogP contribution in [0.2, 0.25) is 0 Å². The number of hydrogen-bond acceptors (Lipinski definition) is 5. The van der Waals surface area contributed by atoms with Crippen LogP contribution in [-0.2, 0) is 11.2 Å². The first-order chi connectivity index (χ1) is 9.11. The second kappa shape index (κ2) is 5.86. The van der Waals surface area contributed by atoms with Crippen LogP contribution in [0, 0.1) is 6.92 Å². The summed E-state index contributed by atoms with van der Waals surface area (Å²) in [7, 11) is 0. The zero-order valence-corrected chi connectivity index (χ0v) is 11.3. The summed E-state index contributed by atoms with van der Waals surface area (Å²) in [5.41, 5.74) is 1.74. The lowest BCUT2D eigenvalue weighted by molar-refractivity contribution is -0.139. The van der Waals surface area contributed by atoms with E-state index in [1.54, 1.807) is 0 Å². The summed E-state index contributed by atoms with van der Waals surface area (Å²) in [5.74, 6) is 0.0490. The molecule has 1 aliphatic rings. The molecular weight excluding hydrogens is 246 g/mol. The summed E-state index contributed by atoms with van der Waals surface area (Å²) in [4.78, 5) is 21.6. The number of anilines is 1. The number of carbonyl (C=O) groups is 1. The molecule has 0 aromatic carbocycles. The van der Waals surface area contributed by atoms with E-state index in [9.17, 15) is 4.79 Å². The standard InChI is InChI=1S/C13H19N3O3/c1-3-10-9(2)14-13(16-6-4-5-7-16)15-12(10)19-8-11(17)18/h3-8H2,1-2H3,(H,17,18). The van der Waals surface area contributed by atoms with Gasteiger partial charge in [-0.2, -0.15) is 4.98 Å². The van der Waals surface area contributed by atoms with E-state index in [-0.39, 0.29) is 6.61 Å². The van der Waals surface area contributed by atoms with E-state index < -0.39 is 5.97 Å². The molecule has 0 radical (unpaired) electrons. The molecule has 19 heavy (non-hydrogen) atoms. The Bertz CT molecular complexity index is 470. The summed E-state index contributed by atoms with van der Waals surface area (Å²) in [6, 6.07) is 0. The number of aryl methyl sites for hydroxylation is 1. The van der Waals surface area contributed by atoms with Crippen molar-refractivity contribution in [2.24, 2.45) is 0 Å². The number of carboxylic acid groups (broad SMARTS) is 1. The number of carboxylic acids is 1. The molecule has 0 bridgehead atoms. The summed E-state index contributed by atoms with van der Waals surface area (Å²) >= 11 is 0. The fraction of sp³-hybridized carbons (Fsp3) is 0.615. The Labute approximate surface area is 112 Å². The molecular formula is C13H19N3O3. The third kappa shape index (κ3) is 3.13. The van der Waals surface area contributed by atoms with Gasteiger partial charge in [-0.3, -0.25) is 0 Å². The van der Waals surface area contributed by atoms with Gasteiger partial charge in [0.15, 0.2) is 6.61 Å². The molecule has 0 spiro atoms. The Kier molecular flexibility index (Phi) is 4.19. The highest BCUT2D eigenvalue weighted by Gasteiger charge is 2.19. The largest absolute Gasteiger partial charge is 0.479 e. The first-order valence-corrected chi connectivity index (χ1v) is 6.59. The van der Waals surface area contributed by atoms with Crippen LogP contribution in [0.1, 0.15) is 31.0 Å². The van der Waals surface area contributed by atoms with Gasteiger partial charge in [-0.05, 0) is 26.2 Å². The van der Waals surface area contributed by atoms with E-state index in [2.05, 4.69) is 14.9 Å². The molecule has 2 heterocycles. The van der Waals surface area contributed by atoms with Crippen molar-refractivity contribution in [1.29, 1.82) is 0 Å². The van der Waals surface area contributed by atoms with E-state index in [0.29, 0.717) is 11.8 Å². The van der Waals surface area contributed by atoms with Crippen LogP contribution in [0.4, 0.5) is 5.95 Å². The fourth-order valence-electron chi connectivity index (χ4n) is 2.27. The summed E-state index contributed by atoms with van der Waals surface area (Å²) < 4.78 is 5.29. The maximum atomic E-state index is 10.6. The van der Waals surface area contributed by atoms with Crippen LogP contribution in [0.5, 0.6) is 5.88 Å². The van der Waals surface area contributed by atoms with Crippen molar-refractivity contribution >= 4 is 11.9 Å². The predicted molar refractivity (Wildman–Crippen MR) is 70.7 cm³/mol. The van der Waals surface area contributed by atoms with Gasteiger partial charge in [0.2, 0.25) is 11.8 Å². The quantitative estimate of drug-likeness (QED) is 0.867. The Morgan fingerprint density at radius 3 is 2.63 bits per heavy atom. The Hall–Kier alpha value is -1.85. The van der Waals surface area contributed by atoms with Crippen LogP contribution < -0.4 is 9.64 Å². The first kappa shape index (κ1) is 13.6. The van der Waals surface area contributed by atoms with Crippen molar-refractivity contribution in [2.75, 3.05) is 24.6 Å². The van der Waals surface area contributed by atoms with E-state index in [0.717, 1.165) is 43.6 Å². The summed E-state index contributed by atoms with van der Waals surface area (Å²) in [6.45, 7) is 5.41. The van der Waals surface area contributed by atoms with Gasteiger partial charge in [0, 0.05) is 24.3 Å². The number of aromatic nitrogens is 2. The molecule has 6 heteroatoms. The lowest BCUT2D eigenvalue weighted by Crippen LogP contribution is -2.22. The minimum Gasteiger partial charge on any atom is -0.479 e. The lowest BCUT2D eigenvalue weighted by Gasteiger charge is -2.18. The molecule has 1 aromatic heterocycles. The predicted octanol–water partition coefficient (Wildman–Crippen LogP) is 1.41. The van der Waals surface area contributed by atoms with E-state index in [4.69, 9.17) is 9.84 Å². The zero-order chi connectivity index (χ0) is 13.8. The van der Waals surface area contributed by atoms with E-state index in [1.165, 1.54) is 0 Å². The van der Waals surface area contributed by atoms with Crippen LogP contribution in [0.25, 0.3) is 0 Å². The maximum Gasteiger partial charge on any atom is 0.341 e. The summed E-state index contributed by atoms with van der Waals surface area (Å²) in [5, 5.41) is 8.71. The van der Waals surface area contributed by atoms with Crippen LogP contribution in [-0.4, -0.2) is 40.7 Å². The summed E-state index contributed by atoms with van der Waals surface area (Å²) in [6.07, 6.45) is 3.01. The lowest BCUT2D eigenvalue weighted by atomic mass is 10.2. The number of rotatable bonds is 5. The highest BCUT2D eigenvalue weighted by atomic mass is 16.5. The van der Waals surface area contributed by atoms with Gasteiger partial charge in [-0.1, -0.05) is 6.92 Å². The molecule has 0 atom stereocenters. The third-order valence-electron chi connectivity index (χ3n) is 3.24. The van der Waals surface area contributed by atoms with Crippen molar-refractivity contribution in [1.82, 2.24) is 9.97 Å². The zero-order valence-electron chi connectivity index (χ0n) is 11.3. The van der Waals surface area contributed by atoms with Crippen LogP contribution >= 0.6 is 0 Å². The second-order valence-electron chi connectivity index (χ2n) is 4.62. The molecule has 0 amide bonds. The highest BCUT2D eigenvalue weighted by Crippen LogP contribution is 2.24. The van der Waals surface area contributed by atoms with Crippen molar-refractivity contribution in [3.05, 3.63) is 11.3 Å². The van der Waals surface area contributed by atoms with Crippen molar-refractivity contribution in [3.63, 3.8) is 0 Å². The molecule has 0 aliphatic carbocycles. The van der Waals surface area contributed by atoms with Gasteiger partial charge < -0.3 is 14.7 Å². The Morgan fingerprint density at radius 2 is 2.05 bits per heavy atom. The van der Waals surface area contributed by atoms with Gasteiger partial charge in [0.1, 0.15) is 0 Å². The Morgan fingerprint density at radius 1 is 1.37 bits per heavy atom.